The van der Waals surface area contributed by atoms with Gasteiger partial charge in [-0.15, -0.1) is 0 Å². The first kappa shape index (κ1) is 15.5. The van der Waals surface area contributed by atoms with Crippen molar-refractivity contribution in [3.63, 3.8) is 0 Å². The van der Waals surface area contributed by atoms with E-state index in [1.807, 2.05) is 30.3 Å². The molecule has 0 aromatic heterocycles. The highest BCUT2D eigenvalue weighted by molar-refractivity contribution is 7.71. The van der Waals surface area contributed by atoms with Crippen molar-refractivity contribution in [2.75, 3.05) is 12.3 Å². The number of hydrogen-bond acceptors (Lipinski definition) is 1. The Morgan fingerprint density at radius 1 is 0.833 bits per heavy atom. The van der Waals surface area contributed by atoms with Crippen LogP contribution < -0.4 is 5.30 Å². The number of benzene rings is 1. The molecule has 0 spiro atoms. The standard InChI is InChI=1S/C16H27OP/c1-15(2,3)12-18(17,13-16(4,5)6)14-10-8-7-9-11-14/h7-11H,12-13H2,1-6H3. The van der Waals surface area contributed by atoms with Crippen molar-refractivity contribution in [3.8, 4) is 0 Å². The van der Waals surface area contributed by atoms with E-state index < -0.39 is 7.14 Å². The fourth-order valence-corrected chi connectivity index (χ4v) is 6.73. The van der Waals surface area contributed by atoms with Crippen LogP contribution in [0.5, 0.6) is 0 Å². The molecule has 1 nitrogen and oxygen atoms in total. The Hall–Kier alpha value is -0.550. The molecular weight excluding hydrogens is 239 g/mol. The molecular formula is C16H27OP. The molecule has 0 fully saturated rings. The molecule has 0 saturated carbocycles. The number of hydrogen-bond donors (Lipinski definition) is 0. The van der Waals surface area contributed by atoms with E-state index in [9.17, 15) is 4.57 Å². The molecule has 0 atom stereocenters. The topological polar surface area (TPSA) is 17.1 Å². The Morgan fingerprint density at radius 3 is 1.56 bits per heavy atom. The normalized spacial score (nSPS) is 13.7. The van der Waals surface area contributed by atoms with Crippen LogP contribution in [-0.2, 0) is 4.57 Å². The first-order chi connectivity index (χ1) is 8.02. The summed E-state index contributed by atoms with van der Waals surface area (Å²) in [6.45, 7) is 13.0. The molecule has 0 radical (unpaired) electrons. The van der Waals surface area contributed by atoms with E-state index in [1.54, 1.807) is 0 Å². The summed E-state index contributed by atoms with van der Waals surface area (Å²) in [5, 5.41) is 1.04. The summed E-state index contributed by atoms with van der Waals surface area (Å²) in [6, 6.07) is 10.0. The minimum absolute atomic E-state index is 0.0939. The maximum Gasteiger partial charge on any atom is 0.116 e. The van der Waals surface area contributed by atoms with Gasteiger partial charge in [0.25, 0.3) is 0 Å². The molecule has 0 unspecified atom stereocenters. The second kappa shape index (κ2) is 5.21. The average Bonchev–Trinajstić information content (AvgIpc) is 2.13. The van der Waals surface area contributed by atoms with Crippen LogP contribution >= 0.6 is 7.14 Å². The summed E-state index contributed by atoms with van der Waals surface area (Å²) in [6.07, 6.45) is 1.56. The van der Waals surface area contributed by atoms with Crippen LogP contribution in [0.3, 0.4) is 0 Å². The lowest BCUT2D eigenvalue weighted by atomic mass is 10.00. The Morgan fingerprint density at radius 2 is 1.22 bits per heavy atom. The first-order valence-electron chi connectivity index (χ1n) is 6.66. The van der Waals surface area contributed by atoms with Crippen LogP contribution in [0.25, 0.3) is 0 Å². The van der Waals surface area contributed by atoms with Gasteiger partial charge >= 0.3 is 0 Å². The highest BCUT2D eigenvalue weighted by atomic mass is 31.2. The van der Waals surface area contributed by atoms with Crippen molar-refractivity contribution in [3.05, 3.63) is 30.3 Å². The Labute approximate surface area is 112 Å². The van der Waals surface area contributed by atoms with E-state index in [1.165, 1.54) is 0 Å². The van der Waals surface area contributed by atoms with Crippen molar-refractivity contribution in [2.24, 2.45) is 10.8 Å². The molecule has 0 aliphatic heterocycles. The monoisotopic (exact) mass is 266 g/mol. The van der Waals surface area contributed by atoms with Crippen LogP contribution in [0, 0.1) is 10.8 Å². The summed E-state index contributed by atoms with van der Waals surface area (Å²) >= 11 is 0. The second-order valence-corrected chi connectivity index (χ2v) is 10.6. The lowest BCUT2D eigenvalue weighted by Gasteiger charge is -2.31. The zero-order chi connectivity index (χ0) is 14.0. The van der Waals surface area contributed by atoms with Crippen molar-refractivity contribution < 1.29 is 4.57 Å². The quantitative estimate of drug-likeness (QED) is 0.720. The van der Waals surface area contributed by atoms with Crippen molar-refractivity contribution in [1.29, 1.82) is 0 Å². The second-order valence-electron chi connectivity index (χ2n) is 7.66. The molecule has 102 valence electrons. The molecule has 0 bridgehead atoms. The third kappa shape index (κ3) is 4.98. The summed E-state index contributed by atoms with van der Waals surface area (Å²) in [7, 11) is -2.31. The van der Waals surface area contributed by atoms with Gasteiger partial charge in [-0.3, -0.25) is 0 Å². The van der Waals surface area contributed by atoms with Gasteiger partial charge in [0.05, 0.1) is 0 Å². The van der Waals surface area contributed by atoms with Gasteiger partial charge in [0, 0.05) is 17.6 Å². The van der Waals surface area contributed by atoms with E-state index in [2.05, 4.69) is 41.5 Å². The lowest BCUT2D eigenvalue weighted by Crippen LogP contribution is -2.25. The molecule has 1 aromatic carbocycles. The van der Waals surface area contributed by atoms with Crippen molar-refractivity contribution >= 4 is 12.4 Å². The summed E-state index contributed by atoms with van der Waals surface area (Å²) in [4.78, 5) is 0. The minimum Gasteiger partial charge on any atom is -0.319 e. The molecule has 1 rings (SSSR count). The van der Waals surface area contributed by atoms with Gasteiger partial charge in [-0.1, -0.05) is 71.9 Å². The molecule has 1 aromatic rings. The summed E-state index contributed by atoms with van der Waals surface area (Å²) in [5.74, 6) is 0. The van der Waals surface area contributed by atoms with Gasteiger partial charge in [-0.05, 0) is 10.8 Å². The third-order valence-corrected chi connectivity index (χ3v) is 6.84. The molecule has 2 heteroatoms. The zero-order valence-electron chi connectivity index (χ0n) is 12.7. The van der Waals surface area contributed by atoms with E-state index in [0.717, 1.165) is 17.6 Å². The van der Waals surface area contributed by atoms with Gasteiger partial charge in [-0.25, -0.2) is 0 Å². The first-order valence-corrected chi connectivity index (χ1v) is 8.73. The summed E-state index contributed by atoms with van der Waals surface area (Å²) in [5.41, 5.74) is 0.188. The maximum atomic E-state index is 13.4. The van der Waals surface area contributed by atoms with Gasteiger partial charge in [0.2, 0.25) is 0 Å². The smallest absolute Gasteiger partial charge is 0.116 e. The Balaban J connectivity index is 3.14. The molecule has 0 N–H and O–H groups in total. The van der Waals surface area contributed by atoms with Crippen LogP contribution in [0.2, 0.25) is 0 Å². The SMILES string of the molecule is CC(C)(C)CP(=O)(CC(C)(C)C)c1ccccc1. The van der Waals surface area contributed by atoms with E-state index in [4.69, 9.17) is 0 Å². The van der Waals surface area contributed by atoms with Crippen LogP contribution in [0.4, 0.5) is 0 Å². The molecule has 0 aliphatic carbocycles. The van der Waals surface area contributed by atoms with Crippen molar-refractivity contribution in [1.82, 2.24) is 0 Å². The molecule has 0 saturated heterocycles. The highest BCUT2D eigenvalue weighted by Gasteiger charge is 2.34. The van der Waals surface area contributed by atoms with Gasteiger partial charge < -0.3 is 4.57 Å². The fraction of sp³-hybridized carbons (Fsp3) is 0.625. The van der Waals surface area contributed by atoms with E-state index >= 15 is 0 Å². The van der Waals surface area contributed by atoms with E-state index in [-0.39, 0.29) is 10.8 Å². The predicted octanol–water partition coefficient (Wildman–Crippen LogP) is 4.77. The van der Waals surface area contributed by atoms with Gasteiger partial charge in [-0.2, -0.15) is 0 Å². The van der Waals surface area contributed by atoms with Crippen LogP contribution in [0.1, 0.15) is 41.5 Å². The Bertz CT molecular complexity index is 401. The summed E-state index contributed by atoms with van der Waals surface area (Å²) < 4.78 is 13.4. The van der Waals surface area contributed by atoms with Crippen LogP contribution in [-0.4, -0.2) is 12.3 Å². The minimum atomic E-state index is -2.31. The largest absolute Gasteiger partial charge is 0.319 e. The predicted molar refractivity (Wildman–Crippen MR) is 82.3 cm³/mol. The third-order valence-electron chi connectivity index (χ3n) is 2.69. The van der Waals surface area contributed by atoms with Crippen molar-refractivity contribution in [2.45, 2.75) is 41.5 Å². The highest BCUT2D eigenvalue weighted by Crippen LogP contribution is 2.52. The lowest BCUT2D eigenvalue weighted by molar-refractivity contribution is 0.439. The van der Waals surface area contributed by atoms with Crippen LogP contribution in [0.15, 0.2) is 30.3 Å². The maximum absolute atomic E-state index is 13.4. The van der Waals surface area contributed by atoms with Gasteiger partial charge in [0.15, 0.2) is 0 Å². The van der Waals surface area contributed by atoms with Gasteiger partial charge in [0.1, 0.15) is 7.14 Å². The zero-order valence-corrected chi connectivity index (χ0v) is 13.6. The molecule has 0 amide bonds. The molecule has 18 heavy (non-hydrogen) atoms. The average molecular weight is 266 g/mol. The Kier molecular flexibility index (Phi) is 4.49. The van der Waals surface area contributed by atoms with E-state index in [0.29, 0.717) is 0 Å². The number of rotatable bonds is 3. The fourth-order valence-electron chi connectivity index (χ4n) is 2.47. The molecule has 0 aliphatic rings. The molecule has 0 heterocycles.